The summed E-state index contributed by atoms with van der Waals surface area (Å²) in [5.74, 6) is 2.35. The summed E-state index contributed by atoms with van der Waals surface area (Å²) in [7, 11) is 3.54. The van der Waals surface area contributed by atoms with Crippen LogP contribution in [0.4, 0.5) is 0 Å². The Morgan fingerprint density at radius 3 is 2.65 bits per heavy atom. The summed E-state index contributed by atoms with van der Waals surface area (Å²) >= 11 is 0. The topological polar surface area (TPSA) is 58.6 Å². The van der Waals surface area contributed by atoms with Crippen molar-refractivity contribution in [3.63, 3.8) is 0 Å². The number of hydrogen-bond acceptors (Lipinski definition) is 3. The molecule has 5 rings (SSSR count). The van der Waals surface area contributed by atoms with Gasteiger partial charge in [-0.2, -0.15) is 0 Å². The highest BCUT2D eigenvalue weighted by molar-refractivity contribution is 6.19. The highest BCUT2D eigenvalue weighted by atomic mass is 16.5. The van der Waals surface area contributed by atoms with Crippen molar-refractivity contribution in [3.05, 3.63) is 41.5 Å². The summed E-state index contributed by atoms with van der Waals surface area (Å²) in [6.07, 6.45) is 10.9. The number of nitrogens with one attached hydrogen (secondary N) is 1. The number of para-hydroxylation sites is 1. The van der Waals surface area contributed by atoms with Crippen molar-refractivity contribution in [2.24, 2.45) is 28.6 Å². The number of benzene rings is 1. The van der Waals surface area contributed by atoms with E-state index in [1.165, 1.54) is 38.5 Å². The zero-order chi connectivity index (χ0) is 24.3. The van der Waals surface area contributed by atoms with E-state index in [0.717, 1.165) is 23.7 Å². The average molecular weight is 465 g/mol. The lowest BCUT2D eigenvalue weighted by atomic mass is 9.48. The van der Waals surface area contributed by atoms with Crippen LogP contribution in [-0.4, -0.2) is 36.9 Å². The number of nitrogens with zero attached hydrogens (tertiary/aromatic N) is 1. The van der Waals surface area contributed by atoms with Crippen molar-refractivity contribution in [1.82, 2.24) is 10.2 Å². The molecule has 0 radical (unpaired) electrons. The van der Waals surface area contributed by atoms with Crippen LogP contribution < -0.4 is 10.1 Å². The minimum absolute atomic E-state index is 0.146. The van der Waals surface area contributed by atoms with Gasteiger partial charge in [0, 0.05) is 24.1 Å². The Bertz CT molecular complexity index is 1020. The molecule has 2 amide bonds. The molecule has 0 spiro atoms. The van der Waals surface area contributed by atoms with E-state index in [-0.39, 0.29) is 29.3 Å². The number of fused-ring (bicyclic) bond motifs is 5. The number of hydrogen-bond donors (Lipinski definition) is 1. The first-order chi connectivity index (χ1) is 16.2. The van der Waals surface area contributed by atoms with E-state index in [4.69, 9.17) is 4.74 Å². The van der Waals surface area contributed by atoms with Gasteiger partial charge in [-0.05, 0) is 74.7 Å². The minimum atomic E-state index is -0.279. The zero-order valence-electron chi connectivity index (χ0n) is 21.4. The maximum Gasteiger partial charge on any atom is 0.259 e. The van der Waals surface area contributed by atoms with Gasteiger partial charge in [-0.25, -0.2) is 0 Å². The van der Waals surface area contributed by atoms with Crippen LogP contribution in [0.5, 0.6) is 5.75 Å². The molecule has 0 aromatic heterocycles. The Balaban J connectivity index is 1.44. The van der Waals surface area contributed by atoms with Gasteiger partial charge in [0.15, 0.2) is 0 Å². The zero-order valence-corrected chi connectivity index (χ0v) is 21.4. The number of carbonyl (C=O) groups is 2. The van der Waals surface area contributed by atoms with Crippen molar-refractivity contribution in [3.8, 4) is 5.75 Å². The minimum Gasteiger partial charge on any atom is -0.496 e. The first-order valence-corrected chi connectivity index (χ1v) is 13.1. The lowest BCUT2D eigenvalue weighted by Gasteiger charge is -2.60. The molecule has 4 aliphatic rings. The fraction of sp³-hybridized carbons (Fsp3) is 0.655. The van der Waals surface area contributed by atoms with Gasteiger partial charge in [0.1, 0.15) is 11.3 Å². The molecule has 1 aromatic rings. The summed E-state index contributed by atoms with van der Waals surface area (Å²) in [6.45, 7) is 6.78. The van der Waals surface area contributed by atoms with E-state index >= 15 is 0 Å². The van der Waals surface area contributed by atoms with Crippen LogP contribution in [0, 0.1) is 28.6 Å². The van der Waals surface area contributed by atoms with E-state index in [2.05, 4.69) is 25.2 Å². The van der Waals surface area contributed by atoms with Crippen LogP contribution in [0.25, 0.3) is 0 Å². The number of rotatable bonds is 4. The van der Waals surface area contributed by atoms with Crippen LogP contribution in [0.2, 0.25) is 0 Å². The second-order valence-electron chi connectivity index (χ2n) is 11.8. The molecule has 5 heteroatoms. The van der Waals surface area contributed by atoms with Gasteiger partial charge in [0.2, 0.25) is 0 Å². The molecular weight excluding hydrogens is 424 g/mol. The Labute approximate surface area is 204 Å². The summed E-state index contributed by atoms with van der Waals surface area (Å²) in [5.41, 5.74) is 1.55. The third kappa shape index (κ3) is 3.49. The monoisotopic (exact) mass is 464 g/mol. The number of methoxy groups -OCH3 is 1. The molecule has 3 fully saturated rings. The highest BCUT2D eigenvalue weighted by Gasteiger charge is 2.59. The van der Waals surface area contributed by atoms with Crippen molar-refractivity contribution in [2.45, 2.75) is 77.8 Å². The lowest BCUT2D eigenvalue weighted by Crippen LogP contribution is -2.61. The molecule has 3 saturated carbocycles. The molecule has 1 aliphatic heterocycles. The molecule has 5 nitrogen and oxygen atoms in total. The predicted molar refractivity (Wildman–Crippen MR) is 133 cm³/mol. The lowest BCUT2D eigenvalue weighted by molar-refractivity contribution is -0.141. The number of likely N-dealkylation sites (N-methyl/N-ethyl adjacent to an activating group) is 1. The first-order valence-electron chi connectivity index (χ1n) is 13.1. The Morgan fingerprint density at radius 1 is 1.12 bits per heavy atom. The first kappa shape index (κ1) is 23.4. The van der Waals surface area contributed by atoms with Gasteiger partial charge in [-0.15, -0.1) is 0 Å². The Hall–Kier alpha value is -2.30. The van der Waals surface area contributed by atoms with Crippen molar-refractivity contribution in [2.75, 3.05) is 14.2 Å². The van der Waals surface area contributed by atoms with Gasteiger partial charge in [0.25, 0.3) is 11.8 Å². The largest absolute Gasteiger partial charge is 0.496 e. The van der Waals surface area contributed by atoms with Gasteiger partial charge in [-0.3, -0.25) is 9.59 Å². The van der Waals surface area contributed by atoms with Crippen LogP contribution in [0.3, 0.4) is 0 Å². The molecule has 0 bridgehead atoms. The van der Waals surface area contributed by atoms with E-state index in [0.29, 0.717) is 22.8 Å². The van der Waals surface area contributed by atoms with Gasteiger partial charge < -0.3 is 15.0 Å². The third-order valence-electron chi connectivity index (χ3n) is 10.2. The molecule has 7 atom stereocenters. The van der Waals surface area contributed by atoms with E-state index in [1.807, 2.05) is 43.1 Å². The second kappa shape index (κ2) is 8.42. The molecule has 2 unspecified atom stereocenters. The summed E-state index contributed by atoms with van der Waals surface area (Å²) in [4.78, 5) is 28.7. The number of ether oxygens (including phenoxy) is 1. The molecule has 184 valence electrons. The normalized spacial score (nSPS) is 37.7. The third-order valence-corrected chi connectivity index (χ3v) is 10.2. The van der Waals surface area contributed by atoms with E-state index in [9.17, 15) is 9.59 Å². The molecule has 1 heterocycles. The molecular formula is C29H40N2O3. The predicted octanol–water partition coefficient (Wildman–Crippen LogP) is 5.27. The van der Waals surface area contributed by atoms with Crippen LogP contribution in [0.1, 0.15) is 77.3 Å². The van der Waals surface area contributed by atoms with Crippen LogP contribution in [0.15, 0.2) is 35.9 Å². The Kier molecular flexibility index (Phi) is 5.81. The molecule has 34 heavy (non-hydrogen) atoms. The maximum atomic E-state index is 13.5. The quantitative estimate of drug-likeness (QED) is 0.618. The number of amides is 2. The molecule has 1 aromatic carbocycles. The molecule has 0 saturated heterocycles. The maximum absolute atomic E-state index is 13.5. The summed E-state index contributed by atoms with van der Waals surface area (Å²) in [6, 6.07) is 7.61. The molecule has 1 N–H and O–H groups in total. The van der Waals surface area contributed by atoms with Crippen molar-refractivity contribution < 1.29 is 14.3 Å². The fourth-order valence-corrected chi connectivity index (χ4v) is 8.42. The second-order valence-corrected chi connectivity index (χ2v) is 11.8. The smallest absolute Gasteiger partial charge is 0.259 e. The van der Waals surface area contributed by atoms with Crippen molar-refractivity contribution in [1.29, 1.82) is 0 Å². The van der Waals surface area contributed by atoms with Crippen LogP contribution >= 0.6 is 0 Å². The van der Waals surface area contributed by atoms with E-state index < -0.39 is 0 Å². The standard InChI is InChI=1S/C29H40N2O3/c1-18(19-9-6-7-11-24(19)34-5)30-26(32)21-17-29(3)23-14-16-28(2)15-8-10-22(28)20(23)12-13-25(29)31(4)27(21)33/h6-7,9,11,17-18,20,22-23,25H,8,10,12-16H2,1-5H3,(H,30,32)/t18?,20-,22-,23+,25?,28-,29+/m0/s1. The van der Waals surface area contributed by atoms with Gasteiger partial charge in [0.05, 0.1) is 13.2 Å². The Morgan fingerprint density at radius 2 is 1.88 bits per heavy atom. The average Bonchev–Trinajstić information content (AvgIpc) is 3.23. The summed E-state index contributed by atoms with van der Waals surface area (Å²) < 4.78 is 5.48. The van der Waals surface area contributed by atoms with Crippen LogP contribution in [-0.2, 0) is 9.59 Å². The highest BCUT2D eigenvalue weighted by Crippen LogP contribution is 2.64. The van der Waals surface area contributed by atoms with E-state index in [1.54, 1.807) is 7.11 Å². The summed E-state index contributed by atoms with van der Waals surface area (Å²) in [5, 5.41) is 3.08. The van der Waals surface area contributed by atoms with Gasteiger partial charge >= 0.3 is 0 Å². The SMILES string of the molecule is COc1ccccc1C(C)NC(=O)C1=C[C@@]2(C)C(CC[C@@H]3[C@H]2CC[C@]2(C)CCC[C@@H]32)N(C)C1=O. The number of carbonyl (C=O) groups excluding carboxylic acids is 2. The van der Waals surface area contributed by atoms with Gasteiger partial charge in [-0.1, -0.05) is 44.5 Å². The fourth-order valence-electron chi connectivity index (χ4n) is 8.42. The molecule has 3 aliphatic carbocycles. The van der Waals surface area contributed by atoms with Crippen molar-refractivity contribution >= 4 is 11.8 Å².